The molecule has 100 valence electrons. The lowest BCUT2D eigenvalue weighted by Gasteiger charge is -2.49. The fourth-order valence-electron chi connectivity index (χ4n) is 2.74. The molecular formula is C14H22N2S2. The Hall–Kier alpha value is -0.0600. The number of nitrogens with zero attached hydrogens (tertiary/aromatic N) is 1. The summed E-state index contributed by atoms with van der Waals surface area (Å²) in [7, 11) is 0. The number of thioether (sulfide) groups is 1. The Morgan fingerprint density at radius 3 is 2.72 bits per heavy atom. The lowest BCUT2D eigenvalue weighted by Crippen LogP contribution is -2.58. The topological polar surface area (TPSA) is 24.9 Å². The summed E-state index contributed by atoms with van der Waals surface area (Å²) in [6.07, 6.45) is 3.95. The Morgan fingerprint density at radius 2 is 2.17 bits per heavy atom. The molecule has 2 heterocycles. The minimum absolute atomic E-state index is 0.0933. The predicted octanol–water partition coefficient (Wildman–Crippen LogP) is 3.56. The zero-order chi connectivity index (χ0) is 12.8. The summed E-state index contributed by atoms with van der Waals surface area (Å²) in [5.41, 5.74) is 1.56. The molecule has 0 bridgehead atoms. The van der Waals surface area contributed by atoms with Gasteiger partial charge in [0.1, 0.15) is 5.01 Å². The number of aryl methyl sites for hydroxylation is 1. The van der Waals surface area contributed by atoms with Crippen molar-refractivity contribution in [2.24, 2.45) is 5.41 Å². The maximum Gasteiger partial charge on any atom is 0.114 e. The van der Waals surface area contributed by atoms with Crippen molar-refractivity contribution in [3.05, 3.63) is 16.1 Å². The van der Waals surface area contributed by atoms with Crippen molar-refractivity contribution in [2.75, 3.05) is 11.5 Å². The van der Waals surface area contributed by atoms with E-state index in [4.69, 9.17) is 4.98 Å². The first kappa shape index (κ1) is 12.9. The molecular weight excluding hydrogens is 260 g/mol. The van der Waals surface area contributed by atoms with Crippen LogP contribution in [0.15, 0.2) is 5.38 Å². The molecule has 1 aromatic heterocycles. The summed E-state index contributed by atoms with van der Waals surface area (Å²) in [5, 5.41) is 7.46. The second-order valence-electron chi connectivity index (χ2n) is 6.30. The van der Waals surface area contributed by atoms with Crippen LogP contribution in [0.3, 0.4) is 0 Å². The molecule has 1 unspecified atom stereocenters. The fraction of sp³-hybridized carbons (Fsp3) is 0.786. The van der Waals surface area contributed by atoms with E-state index in [0.29, 0.717) is 5.41 Å². The summed E-state index contributed by atoms with van der Waals surface area (Å²) in [4.78, 5) is 4.83. The second kappa shape index (κ2) is 4.50. The van der Waals surface area contributed by atoms with Crippen LogP contribution in [0.2, 0.25) is 0 Å². The third-order valence-corrected chi connectivity index (χ3v) is 6.61. The molecule has 1 aromatic rings. The molecule has 2 fully saturated rings. The average Bonchev–Trinajstić information content (AvgIpc) is 3.01. The van der Waals surface area contributed by atoms with Crippen LogP contribution in [0, 0.1) is 12.3 Å². The van der Waals surface area contributed by atoms with Gasteiger partial charge in [-0.1, -0.05) is 13.8 Å². The number of thiazole rings is 1. The van der Waals surface area contributed by atoms with E-state index < -0.39 is 0 Å². The first-order valence-corrected chi connectivity index (χ1v) is 8.85. The molecule has 1 atom stereocenters. The van der Waals surface area contributed by atoms with Crippen LogP contribution >= 0.6 is 23.1 Å². The number of hydrogen-bond acceptors (Lipinski definition) is 4. The van der Waals surface area contributed by atoms with Crippen molar-refractivity contribution >= 4 is 23.1 Å². The van der Waals surface area contributed by atoms with Gasteiger partial charge in [0.2, 0.25) is 0 Å². The van der Waals surface area contributed by atoms with Crippen molar-refractivity contribution < 1.29 is 0 Å². The third kappa shape index (κ3) is 2.12. The van der Waals surface area contributed by atoms with E-state index in [9.17, 15) is 0 Å². The van der Waals surface area contributed by atoms with Gasteiger partial charge in [-0.05, 0) is 37.4 Å². The first-order chi connectivity index (χ1) is 8.53. The van der Waals surface area contributed by atoms with Gasteiger partial charge >= 0.3 is 0 Å². The standard InChI is InChI=1S/C14H22N2S2/c1-10-8-18-12(15-10)14(16-11-4-5-11)9-17-7-6-13(14,2)3/h8,11,16H,4-7,9H2,1-3H3. The summed E-state index contributed by atoms with van der Waals surface area (Å²) < 4.78 is 0. The summed E-state index contributed by atoms with van der Waals surface area (Å²) in [6.45, 7) is 6.94. The predicted molar refractivity (Wildman–Crippen MR) is 80.4 cm³/mol. The van der Waals surface area contributed by atoms with Crippen LogP contribution in [0.5, 0.6) is 0 Å². The van der Waals surface area contributed by atoms with E-state index in [1.165, 1.54) is 41.5 Å². The zero-order valence-corrected chi connectivity index (χ0v) is 13.1. The van der Waals surface area contributed by atoms with Gasteiger partial charge in [-0.25, -0.2) is 4.98 Å². The molecule has 4 heteroatoms. The van der Waals surface area contributed by atoms with Crippen LogP contribution in [-0.4, -0.2) is 22.5 Å². The number of nitrogens with one attached hydrogen (secondary N) is 1. The van der Waals surface area contributed by atoms with Gasteiger partial charge in [-0.3, -0.25) is 0 Å². The largest absolute Gasteiger partial charge is 0.301 e. The van der Waals surface area contributed by atoms with Crippen LogP contribution in [0.1, 0.15) is 43.8 Å². The molecule has 1 aliphatic carbocycles. The van der Waals surface area contributed by atoms with Crippen LogP contribution in [0.25, 0.3) is 0 Å². The van der Waals surface area contributed by atoms with Crippen molar-refractivity contribution in [3.8, 4) is 0 Å². The van der Waals surface area contributed by atoms with Crippen LogP contribution in [-0.2, 0) is 5.54 Å². The highest BCUT2D eigenvalue weighted by Crippen LogP contribution is 2.50. The van der Waals surface area contributed by atoms with E-state index in [1.807, 2.05) is 11.3 Å². The van der Waals surface area contributed by atoms with E-state index in [0.717, 1.165) is 6.04 Å². The molecule has 0 aromatic carbocycles. The fourth-order valence-corrected chi connectivity index (χ4v) is 5.68. The maximum atomic E-state index is 4.83. The van der Waals surface area contributed by atoms with Crippen LogP contribution in [0.4, 0.5) is 0 Å². The van der Waals surface area contributed by atoms with E-state index in [1.54, 1.807) is 0 Å². The van der Waals surface area contributed by atoms with Crippen molar-refractivity contribution in [1.29, 1.82) is 0 Å². The average molecular weight is 282 g/mol. The van der Waals surface area contributed by atoms with E-state index in [-0.39, 0.29) is 5.54 Å². The molecule has 0 amide bonds. The quantitative estimate of drug-likeness (QED) is 0.917. The van der Waals surface area contributed by atoms with E-state index in [2.05, 4.69) is 43.2 Å². The molecule has 1 aliphatic heterocycles. The molecule has 1 N–H and O–H groups in total. The Bertz CT molecular complexity index is 437. The van der Waals surface area contributed by atoms with Crippen LogP contribution < -0.4 is 5.32 Å². The summed E-state index contributed by atoms with van der Waals surface area (Å²) >= 11 is 3.92. The maximum absolute atomic E-state index is 4.83. The molecule has 2 aliphatic rings. The highest BCUT2D eigenvalue weighted by molar-refractivity contribution is 7.99. The summed E-state index contributed by atoms with van der Waals surface area (Å²) in [6, 6.07) is 0.729. The SMILES string of the molecule is Cc1csc(C2(NC3CC3)CSCCC2(C)C)n1. The lowest BCUT2D eigenvalue weighted by molar-refractivity contribution is 0.126. The molecule has 2 nitrogen and oxygen atoms in total. The van der Waals surface area contributed by atoms with Gasteiger partial charge < -0.3 is 5.32 Å². The third-order valence-electron chi connectivity index (χ3n) is 4.36. The van der Waals surface area contributed by atoms with Gasteiger partial charge in [0.25, 0.3) is 0 Å². The number of aromatic nitrogens is 1. The highest BCUT2D eigenvalue weighted by atomic mass is 32.2. The van der Waals surface area contributed by atoms with Crippen molar-refractivity contribution in [2.45, 2.75) is 51.6 Å². The second-order valence-corrected chi connectivity index (χ2v) is 8.27. The van der Waals surface area contributed by atoms with Gasteiger partial charge in [-0.2, -0.15) is 11.8 Å². The number of hydrogen-bond donors (Lipinski definition) is 1. The highest BCUT2D eigenvalue weighted by Gasteiger charge is 2.52. The van der Waals surface area contributed by atoms with Crippen molar-refractivity contribution in [1.82, 2.24) is 10.3 Å². The smallest absolute Gasteiger partial charge is 0.114 e. The van der Waals surface area contributed by atoms with Gasteiger partial charge in [0.15, 0.2) is 0 Å². The van der Waals surface area contributed by atoms with Gasteiger partial charge in [0, 0.05) is 22.9 Å². The van der Waals surface area contributed by atoms with Gasteiger partial charge in [-0.15, -0.1) is 11.3 Å². The Kier molecular flexibility index (Phi) is 3.23. The molecule has 1 saturated heterocycles. The molecule has 0 radical (unpaired) electrons. The minimum atomic E-state index is 0.0933. The molecule has 1 saturated carbocycles. The summed E-state index contributed by atoms with van der Waals surface area (Å²) in [5.74, 6) is 2.45. The first-order valence-electron chi connectivity index (χ1n) is 6.82. The Balaban J connectivity index is 2.00. The Morgan fingerprint density at radius 1 is 1.39 bits per heavy atom. The lowest BCUT2D eigenvalue weighted by atomic mass is 9.71. The van der Waals surface area contributed by atoms with Gasteiger partial charge in [0.05, 0.1) is 5.54 Å². The van der Waals surface area contributed by atoms with Crippen molar-refractivity contribution in [3.63, 3.8) is 0 Å². The Labute approximate surface area is 118 Å². The normalized spacial score (nSPS) is 31.5. The molecule has 3 rings (SSSR count). The van der Waals surface area contributed by atoms with E-state index >= 15 is 0 Å². The zero-order valence-electron chi connectivity index (χ0n) is 11.5. The molecule has 0 spiro atoms. The number of rotatable bonds is 3. The minimum Gasteiger partial charge on any atom is -0.301 e. The monoisotopic (exact) mass is 282 g/mol. The molecule has 18 heavy (non-hydrogen) atoms.